The SMILES string of the molecule is CCNC(=NCc1cccc(S(=O)(=O)NCCOC)c1)N1CC2CCCCC2C1.I. The van der Waals surface area contributed by atoms with Crippen LogP contribution in [0, 0.1) is 11.8 Å². The van der Waals surface area contributed by atoms with Crippen LogP contribution in [0.3, 0.4) is 0 Å². The van der Waals surface area contributed by atoms with Gasteiger partial charge in [0.25, 0.3) is 0 Å². The highest BCUT2D eigenvalue weighted by atomic mass is 127. The fourth-order valence-corrected chi connectivity index (χ4v) is 5.43. The zero-order valence-corrected chi connectivity index (χ0v) is 21.1. The maximum Gasteiger partial charge on any atom is 0.240 e. The molecule has 2 aliphatic rings. The summed E-state index contributed by atoms with van der Waals surface area (Å²) in [5.74, 6) is 2.52. The van der Waals surface area contributed by atoms with E-state index in [0.29, 0.717) is 13.2 Å². The van der Waals surface area contributed by atoms with Crippen LogP contribution < -0.4 is 10.0 Å². The fourth-order valence-electron chi connectivity index (χ4n) is 4.34. The van der Waals surface area contributed by atoms with Gasteiger partial charge in [-0.25, -0.2) is 18.1 Å². The van der Waals surface area contributed by atoms with Crippen LogP contribution in [0.25, 0.3) is 0 Å². The van der Waals surface area contributed by atoms with Crippen molar-refractivity contribution in [3.63, 3.8) is 0 Å². The Morgan fingerprint density at radius 1 is 1.23 bits per heavy atom. The predicted molar refractivity (Wildman–Crippen MR) is 131 cm³/mol. The molecule has 0 aromatic heterocycles. The third kappa shape index (κ3) is 6.80. The van der Waals surface area contributed by atoms with E-state index >= 15 is 0 Å². The number of hydrogen-bond acceptors (Lipinski definition) is 4. The summed E-state index contributed by atoms with van der Waals surface area (Å²) >= 11 is 0. The van der Waals surface area contributed by atoms with Gasteiger partial charge in [-0.05, 0) is 49.3 Å². The first kappa shape index (κ1) is 25.4. The smallest absolute Gasteiger partial charge is 0.240 e. The molecule has 1 heterocycles. The first-order valence-corrected chi connectivity index (χ1v) is 12.1. The Labute approximate surface area is 198 Å². The average molecular weight is 551 g/mol. The molecule has 1 aromatic rings. The molecule has 1 aliphatic carbocycles. The van der Waals surface area contributed by atoms with Gasteiger partial charge in [-0.15, -0.1) is 24.0 Å². The van der Waals surface area contributed by atoms with Crippen molar-refractivity contribution in [2.75, 3.05) is 39.9 Å². The molecule has 30 heavy (non-hydrogen) atoms. The molecule has 170 valence electrons. The second-order valence-corrected chi connectivity index (χ2v) is 9.68. The van der Waals surface area contributed by atoms with Crippen LogP contribution in [0.5, 0.6) is 0 Å². The fraction of sp³-hybridized carbons (Fsp3) is 0.667. The van der Waals surface area contributed by atoms with Gasteiger partial charge in [-0.1, -0.05) is 25.0 Å². The van der Waals surface area contributed by atoms with Crippen molar-refractivity contribution < 1.29 is 13.2 Å². The van der Waals surface area contributed by atoms with Crippen LogP contribution in [0.15, 0.2) is 34.2 Å². The van der Waals surface area contributed by atoms with Crippen molar-refractivity contribution in [2.45, 2.75) is 44.0 Å². The highest BCUT2D eigenvalue weighted by Gasteiger charge is 2.35. The van der Waals surface area contributed by atoms with Crippen LogP contribution in [-0.2, 0) is 21.3 Å². The molecule has 1 aromatic carbocycles. The third-order valence-electron chi connectivity index (χ3n) is 5.83. The number of ether oxygens (including phenoxy) is 1. The summed E-state index contributed by atoms with van der Waals surface area (Å²) < 4.78 is 32.3. The van der Waals surface area contributed by atoms with E-state index in [1.165, 1.54) is 25.7 Å². The Balaban J connectivity index is 0.00000320. The number of likely N-dealkylation sites (tertiary alicyclic amines) is 1. The van der Waals surface area contributed by atoms with Crippen LogP contribution in [0.1, 0.15) is 38.2 Å². The summed E-state index contributed by atoms with van der Waals surface area (Å²) in [5, 5.41) is 3.42. The number of nitrogens with zero attached hydrogens (tertiary/aromatic N) is 2. The lowest BCUT2D eigenvalue weighted by atomic mass is 9.82. The van der Waals surface area contributed by atoms with Crippen LogP contribution >= 0.6 is 24.0 Å². The standard InChI is InChI=1S/C21H34N4O3S.HI/c1-3-22-21(25-15-18-8-4-5-9-19(18)16-25)23-14-17-7-6-10-20(13-17)29(26,27)24-11-12-28-2;/h6-7,10,13,18-19,24H,3-5,8-9,11-12,14-16H2,1-2H3,(H,22,23);1H. The van der Waals surface area contributed by atoms with E-state index < -0.39 is 10.0 Å². The van der Waals surface area contributed by atoms with E-state index in [4.69, 9.17) is 9.73 Å². The second kappa shape index (κ2) is 12.2. The van der Waals surface area contributed by atoms with E-state index in [1.807, 2.05) is 6.07 Å². The van der Waals surface area contributed by atoms with Gasteiger partial charge >= 0.3 is 0 Å². The lowest BCUT2D eigenvalue weighted by Crippen LogP contribution is -2.40. The van der Waals surface area contributed by atoms with Crippen LogP contribution in [0.2, 0.25) is 0 Å². The average Bonchev–Trinajstić information content (AvgIpc) is 3.15. The molecular formula is C21H35IN4O3S. The molecule has 0 amide bonds. The maximum absolute atomic E-state index is 12.4. The van der Waals surface area contributed by atoms with Gasteiger partial charge in [0.1, 0.15) is 0 Å². The molecule has 1 aliphatic heterocycles. The van der Waals surface area contributed by atoms with Crippen molar-refractivity contribution in [3.8, 4) is 0 Å². The number of benzene rings is 1. The minimum Gasteiger partial charge on any atom is -0.383 e. The topological polar surface area (TPSA) is 83.0 Å². The molecule has 3 rings (SSSR count). The third-order valence-corrected chi connectivity index (χ3v) is 7.29. The number of nitrogens with one attached hydrogen (secondary N) is 2. The first-order chi connectivity index (χ1) is 14.0. The normalized spacial score (nSPS) is 21.8. The number of methoxy groups -OCH3 is 1. The summed E-state index contributed by atoms with van der Waals surface area (Å²) in [6.45, 7) is 6.11. The molecule has 1 saturated heterocycles. The molecule has 2 N–H and O–H groups in total. The van der Waals surface area contributed by atoms with E-state index in [9.17, 15) is 8.42 Å². The molecule has 0 bridgehead atoms. The van der Waals surface area contributed by atoms with Crippen molar-refractivity contribution >= 4 is 40.0 Å². The lowest BCUT2D eigenvalue weighted by molar-refractivity contribution is 0.204. The molecule has 0 radical (unpaired) electrons. The summed E-state index contributed by atoms with van der Waals surface area (Å²) in [6.07, 6.45) is 5.36. The van der Waals surface area contributed by atoms with E-state index in [-0.39, 0.29) is 35.4 Å². The number of sulfonamides is 1. The van der Waals surface area contributed by atoms with Crippen molar-refractivity contribution in [3.05, 3.63) is 29.8 Å². The van der Waals surface area contributed by atoms with Crippen molar-refractivity contribution in [1.29, 1.82) is 0 Å². The predicted octanol–water partition coefficient (Wildman–Crippen LogP) is 2.82. The molecule has 2 unspecified atom stereocenters. The number of guanidine groups is 1. The van der Waals surface area contributed by atoms with Crippen LogP contribution in [-0.4, -0.2) is 59.2 Å². The zero-order valence-electron chi connectivity index (χ0n) is 18.0. The first-order valence-electron chi connectivity index (χ1n) is 10.6. The highest BCUT2D eigenvalue weighted by molar-refractivity contribution is 14.0. The Morgan fingerprint density at radius 2 is 1.93 bits per heavy atom. The Morgan fingerprint density at radius 3 is 2.57 bits per heavy atom. The van der Waals surface area contributed by atoms with E-state index in [0.717, 1.165) is 43.0 Å². The zero-order chi connectivity index (χ0) is 20.7. The minimum absolute atomic E-state index is 0. The summed E-state index contributed by atoms with van der Waals surface area (Å²) in [5.41, 5.74) is 0.881. The molecule has 0 spiro atoms. The molecule has 2 atom stereocenters. The molecule has 1 saturated carbocycles. The number of halogens is 1. The van der Waals surface area contributed by atoms with Gasteiger partial charge < -0.3 is 15.0 Å². The van der Waals surface area contributed by atoms with E-state index in [1.54, 1.807) is 25.3 Å². The van der Waals surface area contributed by atoms with Crippen LogP contribution in [0.4, 0.5) is 0 Å². The number of hydrogen-bond donors (Lipinski definition) is 2. The second-order valence-electron chi connectivity index (χ2n) is 7.92. The Kier molecular flexibility index (Phi) is 10.3. The van der Waals surface area contributed by atoms with Crippen molar-refractivity contribution in [2.24, 2.45) is 16.8 Å². The van der Waals surface area contributed by atoms with Crippen molar-refractivity contribution in [1.82, 2.24) is 14.9 Å². The molecular weight excluding hydrogens is 515 g/mol. The van der Waals surface area contributed by atoms with Gasteiger partial charge in [-0.3, -0.25) is 0 Å². The quantitative estimate of drug-likeness (QED) is 0.225. The molecule has 9 heteroatoms. The number of rotatable bonds is 8. The van der Waals surface area contributed by atoms with Gasteiger partial charge in [0, 0.05) is 33.3 Å². The minimum atomic E-state index is -3.54. The maximum atomic E-state index is 12.4. The largest absolute Gasteiger partial charge is 0.383 e. The van der Waals surface area contributed by atoms with Gasteiger partial charge in [0.05, 0.1) is 18.0 Å². The molecule has 7 nitrogen and oxygen atoms in total. The Bertz CT molecular complexity index is 789. The summed E-state index contributed by atoms with van der Waals surface area (Å²) in [4.78, 5) is 7.47. The Hall–Kier alpha value is -0.910. The van der Waals surface area contributed by atoms with Gasteiger partial charge in [-0.2, -0.15) is 0 Å². The highest BCUT2D eigenvalue weighted by Crippen LogP contribution is 2.36. The van der Waals surface area contributed by atoms with E-state index in [2.05, 4.69) is 21.9 Å². The van der Waals surface area contributed by atoms with Gasteiger partial charge in [0.2, 0.25) is 10.0 Å². The number of fused-ring (bicyclic) bond motifs is 1. The monoisotopic (exact) mass is 550 g/mol. The van der Waals surface area contributed by atoms with Gasteiger partial charge in [0.15, 0.2) is 5.96 Å². The summed E-state index contributed by atoms with van der Waals surface area (Å²) in [6, 6.07) is 7.00. The summed E-state index contributed by atoms with van der Waals surface area (Å²) in [7, 11) is -1.99. The molecule has 2 fully saturated rings. The number of aliphatic imine (C=N–C) groups is 1. The lowest BCUT2D eigenvalue weighted by Gasteiger charge is -2.22.